The van der Waals surface area contributed by atoms with Crippen LogP contribution in [0, 0.1) is 0 Å². The molecule has 1 aliphatic rings. The molecular formula is C12H14N4O2. The van der Waals surface area contributed by atoms with Crippen LogP contribution in [-0.4, -0.2) is 40.1 Å². The minimum atomic E-state index is 0.111. The van der Waals surface area contributed by atoms with E-state index in [0.717, 1.165) is 13.1 Å². The number of nitrogens with zero attached hydrogens (tertiary/aromatic N) is 4. The third-order valence-corrected chi connectivity index (χ3v) is 3.03. The average Bonchev–Trinajstić information content (AvgIpc) is 2.93. The number of hydrogen-bond acceptors (Lipinski definition) is 6. The Morgan fingerprint density at radius 2 is 2.17 bits per heavy atom. The molecule has 0 saturated carbocycles. The van der Waals surface area contributed by atoms with Crippen molar-refractivity contribution in [2.24, 2.45) is 0 Å². The number of hydrogen-bond donors (Lipinski definition) is 0. The van der Waals surface area contributed by atoms with E-state index in [1.54, 1.807) is 0 Å². The van der Waals surface area contributed by atoms with Gasteiger partial charge in [-0.05, 0) is 10.7 Å². The number of morpholine rings is 1. The molecule has 1 fully saturated rings. The van der Waals surface area contributed by atoms with Gasteiger partial charge in [-0.15, -0.1) is 0 Å². The molecule has 0 aliphatic carbocycles. The standard InChI is InChI=1S/C12H14N4O2/c1-2-4-10(5-3-1)11-8-16(6-7-17-11)9-12-13-15-18-14-12/h1-5,11H,6-9H2. The van der Waals surface area contributed by atoms with Crippen molar-refractivity contribution in [1.29, 1.82) is 0 Å². The minimum Gasteiger partial charge on any atom is -0.371 e. The summed E-state index contributed by atoms with van der Waals surface area (Å²) in [7, 11) is 0. The summed E-state index contributed by atoms with van der Waals surface area (Å²) in [5.41, 5.74) is 1.20. The number of benzene rings is 1. The van der Waals surface area contributed by atoms with Gasteiger partial charge in [-0.2, -0.15) is 0 Å². The first-order chi connectivity index (χ1) is 8.92. The molecule has 1 saturated heterocycles. The van der Waals surface area contributed by atoms with Crippen molar-refractivity contribution in [1.82, 2.24) is 20.4 Å². The van der Waals surface area contributed by atoms with Crippen LogP contribution in [0.3, 0.4) is 0 Å². The van der Waals surface area contributed by atoms with Crippen molar-refractivity contribution in [3.63, 3.8) is 0 Å². The van der Waals surface area contributed by atoms with E-state index in [1.807, 2.05) is 18.2 Å². The van der Waals surface area contributed by atoms with Crippen molar-refractivity contribution in [3.05, 3.63) is 41.7 Å². The lowest BCUT2D eigenvalue weighted by Crippen LogP contribution is -2.38. The van der Waals surface area contributed by atoms with Gasteiger partial charge in [-0.3, -0.25) is 4.90 Å². The SMILES string of the molecule is c1ccc(C2CN(Cc3nnon3)CCO2)cc1. The molecule has 6 heteroatoms. The summed E-state index contributed by atoms with van der Waals surface area (Å²) in [5.74, 6) is 0.615. The lowest BCUT2D eigenvalue weighted by molar-refractivity contribution is -0.0338. The second kappa shape index (κ2) is 5.24. The molecule has 0 bridgehead atoms. The Balaban J connectivity index is 1.65. The maximum atomic E-state index is 5.79. The molecule has 1 aromatic heterocycles. The van der Waals surface area contributed by atoms with Gasteiger partial charge in [0, 0.05) is 13.1 Å². The molecule has 3 rings (SSSR count). The highest BCUT2D eigenvalue weighted by Gasteiger charge is 2.22. The first kappa shape index (κ1) is 11.3. The van der Waals surface area contributed by atoms with E-state index in [4.69, 9.17) is 4.74 Å². The fourth-order valence-electron chi connectivity index (χ4n) is 2.13. The van der Waals surface area contributed by atoms with Gasteiger partial charge in [-0.25, -0.2) is 4.63 Å². The third kappa shape index (κ3) is 2.55. The highest BCUT2D eigenvalue weighted by atomic mass is 16.6. The smallest absolute Gasteiger partial charge is 0.210 e. The highest BCUT2D eigenvalue weighted by molar-refractivity contribution is 5.18. The number of aromatic nitrogens is 3. The lowest BCUT2D eigenvalue weighted by Gasteiger charge is -2.32. The predicted octanol–water partition coefficient (Wildman–Crippen LogP) is 1.04. The van der Waals surface area contributed by atoms with E-state index < -0.39 is 0 Å². The van der Waals surface area contributed by atoms with Crippen LogP contribution in [-0.2, 0) is 11.3 Å². The summed E-state index contributed by atoms with van der Waals surface area (Å²) < 4.78 is 10.3. The van der Waals surface area contributed by atoms with Gasteiger partial charge in [0.25, 0.3) is 0 Å². The third-order valence-electron chi connectivity index (χ3n) is 3.03. The summed E-state index contributed by atoms with van der Waals surface area (Å²) in [6, 6.07) is 10.2. The quantitative estimate of drug-likeness (QED) is 0.806. The molecule has 1 unspecified atom stereocenters. The maximum absolute atomic E-state index is 5.79. The van der Waals surface area contributed by atoms with Gasteiger partial charge in [0.1, 0.15) is 0 Å². The van der Waals surface area contributed by atoms with Gasteiger partial charge < -0.3 is 4.74 Å². The van der Waals surface area contributed by atoms with E-state index >= 15 is 0 Å². The van der Waals surface area contributed by atoms with E-state index in [-0.39, 0.29) is 6.10 Å². The Morgan fingerprint density at radius 1 is 1.28 bits per heavy atom. The van der Waals surface area contributed by atoms with E-state index in [0.29, 0.717) is 19.0 Å². The molecule has 6 nitrogen and oxygen atoms in total. The van der Waals surface area contributed by atoms with Gasteiger partial charge in [-0.1, -0.05) is 35.4 Å². The van der Waals surface area contributed by atoms with Crippen LogP contribution in [0.15, 0.2) is 35.0 Å². The summed E-state index contributed by atoms with van der Waals surface area (Å²) in [6.45, 7) is 3.07. The molecule has 18 heavy (non-hydrogen) atoms. The Kier molecular flexibility index (Phi) is 3.29. The van der Waals surface area contributed by atoms with E-state index in [2.05, 4.69) is 37.2 Å². The van der Waals surface area contributed by atoms with Crippen LogP contribution in [0.1, 0.15) is 17.5 Å². The molecule has 94 valence electrons. The number of ether oxygens (including phenoxy) is 1. The Labute approximate surface area is 105 Å². The largest absolute Gasteiger partial charge is 0.371 e. The zero-order valence-electron chi connectivity index (χ0n) is 9.90. The normalized spacial score (nSPS) is 21.0. The minimum absolute atomic E-state index is 0.111. The monoisotopic (exact) mass is 246 g/mol. The Morgan fingerprint density at radius 3 is 2.94 bits per heavy atom. The average molecular weight is 246 g/mol. The molecule has 0 spiro atoms. The van der Waals surface area contributed by atoms with Crippen molar-refractivity contribution in [3.8, 4) is 0 Å². The summed E-state index contributed by atoms with van der Waals surface area (Å²) in [4.78, 5) is 2.24. The molecule has 0 N–H and O–H groups in total. The summed E-state index contributed by atoms with van der Waals surface area (Å²) in [6.07, 6.45) is 0.111. The van der Waals surface area contributed by atoms with Gasteiger partial charge >= 0.3 is 0 Å². The second-order valence-corrected chi connectivity index (χ2v) is 4.28. The zero-order chi connectivity index (χ0) is 12.2. The molecule has 0 radical (unpaired) electrons. The van der Waals surface area contributed by atoms with Crippen LogP contribution in [0.2, 0.25) is 0 Å². The van der Waals surface area contributed by atoms with Crippen LogP contribution in [0.25, 0.3) is 0 Å². The molecule has 0 amide bonds. The number of rotatable bonds is 3. The summed E-state index contributed by atoms with van der Waals surface area (Å²) in [5, 5.41) is 10.9. The van der Waals surface area contributed by atoms with Crippen LogP contribution in [0.4, 0.5) is 0 Å². The second-order valence-electron chi connectivity index (χ2n) is 4.28. The molecular weight excluding hydrogens is 232 g/mol. The van der Waals surface area contributed by atoms with Gasteiger partial charge in [0.05, 0.1) is 24.5 Å². The highest BCUT2D eigenvalue weighted by Crippen LogP contribution is 2.22. The van der Waals surface area contributed by atoms with Crippen molar-refractivity contribution in [2.45, 2.75) is 12.6 Å². The Hall–Kier alpha value is -1.79. The molecule has 1 atom stereocenters. The molecule has 2 aromatic rings. The molecule has 2 heterocycles. The van der Waals surface area contributed by atoms with Crippen molar-refractivity contribution < 1.29 is 9.37 Å². The zero-order valence-corrected chi connectivity index (χ0v) is 9.90. The lowest BCUT2D eigenvalue weighted by atomic mass is 10.1. The van der Waals surface area contributed by atoms with Crippen LogP contribution < -0.4 is 0 Å². The fourth-order valence-corrected chi connectivity index (χ4v) is 2.13. The van der Waals surface area contributed by atoms with E-state index in [1.165, 1.54) is 5.56 Å². The summed E-state index contributed by atoms with van der Waals surface area (Å²) >= 11 is 0. The van der Waals surface area contributed by atoms with Gasteiger partial charge in [0.15, 0.2) is 0 Å². The molecule has 1 aliphatic heterocycles. The van der Waals surface area contributed by atoms with Crippen LogP contribution in [0.5, 0.6) is 0 Å². The van der Waals surface area contributed by atoms with Gasteiger partial charge in [0.2, 0.25) is 5.82 Å². The topological polar surface area (TPSA) is 64.3 Å². The first-order valence-corrected chi connectivity index (χ1v) is 5.95. The Bertz CT molecular complexity index is 474. The predicted molar refractivity (Wildman–Crippen MR) is 62.5 cm³/mol. The fraction of sp³-hybridized carbons (Fsp3) is 0.417. The first-order valence-electron chi connectivity index (χ1n) is 5.95. The van der Waals surface area contributed by atoms with Crippen molar-refractivity contribution in [2.75, 3.05) is 19.7 Å². The molecule has 1 aromatic carbocycles. The van der Waals surface area contributed by atoms with E-state index in [9.17, 15) is 0 Å². The van der Waals surface area contributed by atoms with Crippen molar-refractivity contribution >= 4 is 0 Å². The van der Waals surface area contributed by atoms with Crippen LogP contribution >= 0.6 is 0 Å². The maximum Gasteiger partial charge on any atom is 0.210 e.